The van der Waals surface area contributed by atoms with Crippen LogP contribution in [0.15, 0.2) is 0 Å². The standard InChI is InChI=1S/C18H31N3O/c1-12(2)18-14(4)13(3)17(15(5)19-18)11-20(7)9-10-21(8)16(6)22/h12H,9-11H2,1-8H3. The third kappa shape index (κ3) is 4.54. The van der Waals surface area contributed by atoms with Crippen molar-refractivity contribution in [1.29, 1.82) is 0 Å². The fourth-order valence-corrected chi connectivity index (χ4v) is 2.64. The lowest BCUT2D eigenvalue weighted by Crippen LogP contribution is -2.33. The lowest BCUT2D eigenvalue weighted by atomic mass is 9.95. The van der Waals surface area contributed by atoms with Crippen LogP contribution < -0.4 is 0 Å². The summed E-state index contributed by atoms with van der Waals surface area (Å²) in [6, 6.07) is 0. The average molecular weight is 305 g/mol. The third-order valence-corrected chi connectivity index (χ3v) is 4.45. The molecule has 1 heterocycles. The van der Waals surface area contributed by atoms with E-state index < -0.39 is 0 Å². The Labute approximate surface area is 135 Å². The molecule has 0 aromatic carbocycles. The molecule has 0 aliphatic heterocycles. The molecule has 0 radical (unpaired) electrons. The first-order valence-electron chi connectivity index (χ1n) is 8.01. The summed E-state index contributed by atoms with van der Waals surface area (Å²) in [6.07, 6.45) is 0. The molecule has 0 aliphatic rings. The number of rotatable bonds is 6. The van der Waals surface area contributed by atoms with Crippen molar-refractivity contribution in [3.63, 3.8) is 0 Å². The van der Waals surface area contributed by atoms with Gasteiger partial charge in [-0.25, -0.2) is 0 Å². The second-order valence-electron chi connectivity index (χ2n) is 6.64. The smallest absolute Gasteiger partial charge is 0.219 e. The van der Waals surface area contributed by atoms with Gasteiger partial charge in [0.05, 0.1) is 0 Å². The van der Waals surface area contributed by atoms with Crippen LogP contribution in [-0.2, 0) is 11.3 Å². The maximum Gasteiger partial charge on any atom is 0.219 e. The van der Waals surface area contributed by atoms with E-state index in [4.69, 9.17) is 4.98 Å². The predicted molar refractivity (Wildman–Crippen MR) is 92.2 cm³/mol. The van der Waals surface area contributed by atoms with Crippen molar-refractivity contribution in [2.75, 3.05) is 27.2 Å². The van der Waals surface area contributed by atoms with Gasteiger partial charge in [-0.05, 0) is 50.4 Å². The van der Waals surface area contributed by atoms with Crippen LogP contribution in [0.3, 0.4) is 0 Å². The average Bonchev–Trinajstić information content (AvgIpc) is 2.44. The number of pyridine rings is 1. The summed E-state index contributed by atoms with van der Waals surface area (Å²) in [6.45, 7) is 14.9. The fourth-order valence-electron chi connectivity index (χ4n) is 2.64. The molecule has 1 aromatic heterocycles. The summed E-state index contributed by atoms with van der Waals surface area (Å²) in [5, 5.41) is 0. The highest BCUT2D eigenvalue weighted by atomic mass is 16.2. The Morgan fingerprint density at radius 2 is 1.68 bits per heavy atom. The summed E-state index contributed by atoms with van der Waals surface area (Å²) < 4.78 is 0. The summed E-state index contributed by atoms with van der Waals surface area (Å²) in [5.41, 5.74) is 6.30. The molecular formula is C18H31N3O. The first-order valence-corrected chi connectivity index (χ1v) is 8.01. The van der Waals surface area contributed by atoms with E-state index in [0.717, 1.165) is 25.3 Å². The summed E-state index contributed by atoms with van der Waals surface area (Å²) in [7, 11) is 3.94. The number of amides is 1. The number of aryl methyl sites for hydroxylation is 1. The summed E-state index contributed by atoms with van der Waals surface area (Å²) >= 11 is 0. The molecule has 1 rings (SSSR count). The van der Waals surface area contributed by atoms with E-state index in [9.17, 15) is 4.79 Å². The zero-order valence-electron chi connectivity index (χ0n) is 15.4. The zero-order chi connectivity index (χ0) is 17.0. The fraction of sp³-hybridized carbons (Fsp3) is 0.667. The highest BCUT2D eigenvalue weighted by Gasteiger charge is 2.15. The minimum atomic E-state index is 0.111. The van der Waals surface area contributed by atoms with Gasteiger partial charge in [0.2, 0.25) is 5.91 Å². The van der Waals surface area contributed by atoms with Crippen LogP contribution in [0.1, 0.15) is 54.8 Å². The van der Waals surface area contributed by atoms with Gasteiger partial charge >= 0.3 is 0 Å². The van der Waals surface area contributed by atoms with Gasteiger partial charge in [-0.15, -0.1) is 0 Å². The van der Waals surface area contributed by atoms with Gasteiger partial charge in [0.1, 0.15) is 0 Å². The maximum atomic E-state index is 11.3. The van der Waals surface area contributed by atoms with Crippen LogP contribution in [0.4, 0.5) is 0 Å². The molecule has 124 valence electrons. The number of hydrogen-bond acceptors (Lipinski definition) is 3. The predicted octanol–water partition coefficient (Wildman–Crippen LogP) is 3.04. The van der Waals surface area contributed by atoms with Gasteiger partial charge in [0.15, 0.2) is 0 Å². The van der Waals surface area contributed by atoms with Gasteiger partial charge in [-0.1, -0.05) is 13.8 Å². The molecule has 0 bridgehead atoms. The molecule has 1 aromatic rings. The Morgan fingerprint density at radius 3 is 2.18 bits per heavy atom. The number of hydrogen-bond donors (Lipinski definition) is 0. The normalized spacial score (nSPS) is 11.4. The first kappa shape index (κ1) is 18.6. The number of carbonyl (C=O) groups is 1. The van der Waals surface area contributed by atoms with Crippen molar-refractivity contribution >= 4 is 5.91 Å². The molecular weight excluding hydrogens is 274 g/mol. The molecule has 4 nitrogen and oxygen atoms in total. The van der Waals surface area contributed by atoms with Crippen molar-refractivity contribution < 1.29 is 4.79 Å². The summed E-state index contributed by atoms with van der Waals surface area (Å²) in [5.74, 6) is 0.563. The highest BCUT2D eigenvalue weighted by Crippen LogP contribution is 2.25. The third-order valence-electron chi connectivity index (χ3n) is 4.45. The second-order valence-corrected chi connectivity index (χ2v) is 6.64. The van der Waals surface area contributed by atoms with Gasteiger partial charge in [-0.3, -0.25) is 9.78 Å². The van der Waals surface area contributed by atoms with Crippen LogP contribution >= 0.6 is 0 Å². The number of nitrogens with zero attached hydrogens (tertiary/aromatic N) is 3. The lowest BCUT2D eigenvalue weighted by Gasteiger charge is -2.24. The molecule has 0 fully saturated rings. The molecule has 0 spiro atoms. The minimum Gasteiger partial charge on any atom is -0.345 e. The van der Waals surface area contributed by atoms with E-state index >= 15 is 0 Å². The molecule has 0 saturated heterocycles. The van der Waals surface area contributed by atoms with Crippen molar-refractivity contribution in [3.05, 3.63) is 28.1 Å². The highest BCUT2D eigenvalue weighted by molar-refractivity contribution is 5.72. The van der Waals surface area contributed by atoms with Crippen molar-refractivity contribution in [3.8, 4) is 0 Å². The quantitative estimate of drug-likeness (QED) is 0.810. The van der Waals surface area contributed by atoms with Crippen LogP contribution in [-0.4, -0.2) is 47.9 Å². The van der Waals surface area contributed by atoms with Crippen molar-refractivity contribution in [1.82, 2.24) is 14.8 Å². The monoisotopic (exact) mass is 305 g/mol. The van der Waals surface area contributed by atoms with E-state index in [2.05, 4.69) is 46.6 Å². The number of likely N-dealkylation sites (N-methyl/N-ethyl adjacent to an activating group) is 2. The van der Waals surface area contributed by atoms with Crippen LogP contribution in [0, 0.1) is 20.8 Å². The Bertz CT molecular complexity index is 538. The van der Waals surface area contributed by atoms with Crippen LogP contribution in [0.25, 0.3) is 0 Å². The topological polar surface area (TPSA) is 36.4 Å². The van der Waals surface area contributed by atoms with E-state index in [1.54, 1.807) is 11.8 Å². The first-order chi connectivity index (χ1) is 10.1. The molecule has 0 N–H and O–H groups in total. The Kier molecular flexibility index (Phi) is 6.54. The second kappa shape index (κ2) is 7.73. The van der Waals surface area contributed by atoms with Gasteiger partial charge in [-0.2, -0.15) is 0 Å². The zero-order valence-corrected chi connectivity index (χ0v) is 15.4. The minimum absolute atomic E-state index is 0.111. The van der Waals surface area contributed by atoms with E-state index in [1.165, 1.54) is 22.4 Å². The molecule has 0 atom stereocenters. The molecule has 0 aliphatic carbocycles. The van der Waals surface area contributed by atoms with E-state index in [0.29, 0.717) is 5.92 Å². The summed E-state index contributed by atoms with van der Waals surface area (Å²) in [4.78, 5) is 20.1. The van der Waals surface area contributed by atoms with Gasteiger partial charge in [0, 0.05) is 45.0 Å². The van der Waals surface area contributed by atoms with Gasteiger partial charge < -0.3 is 9.80 Å². The number of aromatic nitrogens is 1. The van der Waals surface area contributed by atoms with E-state index in [1.807, 2.05) is 7.05 Å². The number of carbonyl (C=O) groups excluding carboxylic acids is 1. The van der Waals surface area contributed by atoms with E-state index in [-0.39, 0.29) is 5.91 Å². The molecule has 1 amide bonds. The Hall–Kier alpha value is -1.42. The molecule has 0 unspecified atom stereocenters. The Balaban J connectivity index is 2.85. The van der Waals surface area contributed by atoms with Crippen molar-refractivity contribution in [2.45, 2.75) is 54.0 Å². The Morgan fingerprint density at radius 1 is 1.09 bits per heavy atom. The maximum absolute atomic E-state index is 11.3. The molecule has 4 heteroatoms. The van der Waals surface area contributed by atoms with Gasteiger partial charge in [0.25, 0.3) is 0 Å². The SMILES string of the molecule is CC(=O)N(C)CCN(C)Cc1c(C)nc(C(C)C)c(C)c1C. The molecule has 22 heavy (non-hydrogen) atoms. The molecule has 0 saturated carbocycles. The lowest BCUT2D eigenvalue weighted by molar-refractivity contribution is -0.127. The van der Waals surface area contributed by atoms with Crippen LogP contribution in [0.2, 0.25) is 0 Å². The van der Waals surface area contributed by atoms with Crippen LogP contribution in [0.5, 0.6) is 0 Å². The van der Waals surface area contributed by atoms with Crippen molar-refractivity contribution in [2.24, 2.45) is 0 Å². The largest absolute Gasteiger partial charge is 0.345 e.